The van der Waals surface area contributed by atoms with Crippen LogP contribution in [0.15, 0.2) is 5.11 Å². The first-order chi connectivity index (χ1) is 9.84. The van der Waals surface area contributed by atoms with Crippen molar-refractivity contribution in [3.05, 3.63) is 10.4 Å². The zero-order valence-electron chi connectivity index (χ0n) is 13.2. The molecule has 1 saturated heterocycles. The third-order valence-electron chi connectivity index (χ3n) is 4.01. The second kappa shape index (κ2) is 6.12. The van der Waals surface area contributed by atoms with Crippen molar-refractivity contribution in [3.8, 4) is 0 Å². The molecule has 0 bridgehead atoms. The zero-order chi connectivity index (χ0) is 15.5. The molecule has 0 unspecified atom stereocenters. The van der Waals surface area contributed by atoms with E-state index in [1.54, 1.807) is 4.90 Å². The predicted octanol–water partition coefficient (Wildman–Crippen LogP) is 2.63. The Morgan fingerprint density at radius 2 is 1.90 bits per heavy atom. The highest BCUT2D eigenvalue weighted by Crippen LogP contribution is 2.46. The van der Waals surface area contributed by atoms with Gasteiger partial charge in [-0.2, -0.15) is 0 Å². The van der Waals surface area contributed by atoms with Crippen LogP contribution < -0.4 is 0 Å². The van der Waals surface area contributed by atoms with E-state index in [0.29, 0.717) is 19.6 Å². The second-order valence-electron chi connectivity index (χ2n) is 7.13. The quantitative estimate of drug-likeness (QED) is 0.454. The fraction of sp³-hybridized carbons (Fsp3) is 0.929. The maximum atomic E-state index is 12.0. The smallest absolute Gasteiger partial charge is 0.410 e. The SMILES string of the molecule is CC(C)(C)OC(=O)N1CCN(CC2(CN=[N+]=[N-])CC2)CC1. The van der Waals surface area contributed by atoms with Crippen molar-refractivity contribution in [1.82, 2.24) is 9.80 Å². The number of amides is 1. The summed E-state index contributed by atoms with van der Waals surface area (Å²) >= 11 is 0. The summed E-state index contributed by atoms with van der Waals surface area (Å²) in [6.07, 6.45) is 2.05. The molecule has 2 aliphatic rings. The van der Waals surface area contributed by atoms with Crippen molar-refractivity contribution in [2.45, 2.75) is 39.2 Å². The Morgan fingerprint density at radius 1 is 1.29 bits per heavy atom. The highest BCUT2D eigenvalue weighted by molar-refractivity contribution is 5.68. The molecule has 2 fully saturated rings. The minimum absolute atomic E-state index is 0.195. The molecule has 0 spiro atoms. The summed E-state index contributed by atoms with van der Waals surface area (Å²) in [5, 5.41) is 3.72. The van der Waals surface area contributed by atoms with Crippen LogP contribution >= 0.6 is 0 Å². The molecule has 0 radical (unpaired) electrons. The topological polar surface area (TPSA) is 81.5 Å². The Kier molecular flexibility index (Phi) is 4.64. The highest BCUT2D eigenvalue weighted by Gasteiger charge is 2.43. The van der Waals surface area contributed by atoms with Gasteiger partial charge in [-0.3, -0.25) is 4.90 Å². The standard InChI is InChI=1S/C14H25N5O2/c1-13(2,3)21-12(20)19-8-6-18(7-9-19)11-14(4-5-14)10-16-17-15/h4-11H2,1-3H3. The van der Waals surface area contributed by atoms with Gasteiger partial charge >= 0.3 is 6.09 Å². The number of rotatable bonds is 4. The van der Waals surface area contributed by atoms with Crippen LogP contribution in [0.4, 0.5) is 4.79 Å². The van der Waals surface area contributed by atoms with Gasteiger partial charge in [0.05, 0.1) is 0 Å². The molecule has 1 amide bonds. The lowest BCUT2D eigenvalue weighted by molar-refractivity contribution is 0.0130. The minimum Gasteiger partial charge on any atom is -0.444 e. The number of carbonyl (C=O) groups excluding carboxylic acids is 1. The Balaban J connectivity index is 1.76. The molecule has 1 saturated carbocycles. The van der Waals surface area contributed by atoms with E-state index in [4.69, 9.17) is 10.3 Å². The van der Waals surface area contributed by atoms with Crippen molar-refractivity contribution >= 4 is 6.09 Å². The Bertz CT molecular complexity index is 427. The van der Waals surface area contributed by atoms with Crippen LogP contribution in [0.1, 0.15) is 33.6 Å². The molecular formula is C14H25N5O2. The molecule has 1 heterocycles. The largest absolute Gasteiger partial charge is 0.444 e. The average molecular weight is 295 g/mol. The lowest BCUT2D eigenvalue weighted by Crippen LogP contribution is -2.51. The summed E-state index contributed by atoms with van der Waals surface area (Å²) < 4.78 is 5.39. The van der Waals surface area contributed by atoms with E-state index in [1.165, 1.54) is 0 Å². The first-order valence-electron chi connectivity index (χ1n) is 7.55. The number of ether oxygens (including phenoxy) is 1. The fourth-order valence-corrected chi connectivity index (χ4v) is 2.61. The summed E-state index contributed by atoms with van der Waals surface area (Å²) in [6, 6.07) is 0. The van der Waals surface area contributed by atoms with Gasteiger partial charge in [-0.1, -0.05) is 5.11 Å². The van der Waals surface area contributed by atoms with Crippen molar-refractivity contribution in [2.75, 3.05) is 39.3 Å². The zero-order valence-corrected chi connectivity index (χ0v) is 13.2. The molecule has 1 aliphatic carbocycles. The van der Waals surface area contributed by atoms with Crippen molar-refractivity contribution in [2.24, 2.45) is 10.5 Å². The van der Waals surface area contributed by atoms with Crippen LogP contribution in [-0.2, 0) is 4.74 Å². The van der Waals surface area contributed by atoms with E-state index < -0.39 is 5.60 Å². The molecular weight excluding hydrogens is 270 g/mol. The molecule has 0 N–H and O–H groups in total. The maximum absolute atomic E-state index is 12.0. The summed E-state index contributed by atoms with van der Waals surface area (Å²) in [6.45, 7) is 10.3. The number of nitrogens with zero attached hydrogens (tertiary/aromatic N) is 5. The van der Waals surface area contributed by atoms with Crippen molar-refractivity contribution < 1.29 is 9.53 Å². The second-order valence-corrected chi connectivity index (χ2v) is 7.13. The van der Waals surface area contributed by atoms with E-state index >= 15 is 0 Å². The number of carbonyl (C=O) groups is 1. The van der Waals surface area contributed by atoms with Gasteiger partial charge in [-0.05, 0) is 44.6 Å². The van der Waals surface area contributed by atoms with Crippen molar-refractivity contribution in [1.29, 1.82) is 0 Å². The molecule has 21 heavy (non-hydrogen) atoms. The molecule has 7 heteroatoms. The molecule has 2 rings (SSSR count). The van der Waals surface area contributed by atoms with Gasteiger partial charge in [-0.25, -0.2) is 4.79 Å². The Labute approximate surface area is 125 Å². The third kappa shape index (κ3) is 4.79. The fourth-order valence-electron chi connectivity index (χ4n) is 2.61. The van der Waals surface area contributed by atoms with Gasteiger partial charge in [0.2, 0.25) is 0 Å². The van der Waals surface area contributed by atoms with Crippen LogP contribution in [-0.4, -0.2) is 60.8 Å². The molecule has 7 nitrogen and oxygen atoms in total. The number of hydrogen-bond acceptors (Lipinski definition) is 4. The Morgan fingerprint density at radius 3 is 2.38 bits per heavy atom. The summed E-state index contributed by atoms with van der Waals surface area (Å²) in [5.74, 6) is 0. The Hall–Kier alpha value is -1.46. The molecule has 1 aliphatic heterocycles. The lowest BCUT2D eigenvalue weighted by Gasteiger charge is -2.37. The first kappa shape index (κ1) is 15.9. The van der Waals surface area contributed by atoms with Gasteiger partial charge < -0.3 is 9.64 Å². The summed E-state index contributed by atoms with van der Waals surface area (Å²) in [7, 11) is 0. The van der Waals surface area contributed by atoms with Gasteiger partial charge in [0.1, 0.15) is 5.60 Å². The van der Waals surface area contributed by atoms with E-state index in [1.807, 2.05) is 20.8 Å². The molecule has 0 aromatic heterocycles. The summed E-state index contributed by atoms with van der Waals surface area (Å²) in [5.41, 5.74) is 8.19. The van der Waals surface area contributed by atoms with Crippen molar-refractivity contribution in [3.63, 3.8) is 0 Å². The average Bonchev–Trinajstić information content (AvgIpc) is 3.15. The van der Waals surface area contributed by atoms with Gasteiger partial charge in [0.15, 0.2) is 0 Å². The predicted molar refractivity (Wildman–Crippen MR) is 79.9 cm³/mol. The van der Waals surface area contributed by atoms with Crippen LogP contribution in [0.2, 0.25) is 0 Å². The van der Waals surface area contributed by atoms with Gasteiger partial charge in [-0.15, -0.1) is 0 Å². The molecule has 0 atom stereocenters. The van der Waals surface area contributed by atoms with Crippen LogP contribution in [0.5, 0.6) is 0 Å². The third-order valence-corrected chi connectivity index (χ3v) is 4.01. The lowest BCUT2D eigenvalue weighted by atomic mass is 10.1. The maximum Gasteiger partial charge on any atom is 0.410 e. The van der Waals surface area contributed by atoms with E-state index in [9.17, 15) is 4.79 Å². The molecule has 0 aromatic carbocycles. The first-order valence-corrected chi connectivity index (χ1v) is 7.55. The van der Waals surface area contributed by atoms with E-state index in [2.05, 4.69) is 14.9 Å². The monoisotopic (exact) mass is 295 g/mol. The van der Waals surface area contributed by atoms with E-state index in [-0.39, 0.29) is 11.5 Å². The van der Waals surface area contributed by atoms with E-state index in [0.717, 1.165) is 32.5 Å². The molecule has 118 valence electrons. The minimum atomic E-state index is -0.443. The number of hydrogen-bond donors (Lipinski definition) is 0. The van der Waals surface area contributed by atoms with Crippen LogP contribution in [0.25, 0.3) is 10.4 Å². The van der Waals surface area contributed by atoms with Crippen LogP contribution in [0, 0.1) is 5.41 Å². The van der Waals surface area contributed by atoms with Gasteiger partial charge in [0, 0.05) is 44.2 Å². The summed E-state index contributed by atoms with van der Waals surface area (Å²) in [4.78, 5) is 19.0. The highest BCUT2D eigenvalue weighted by atomic mass is 16.6. The van der Waals surface area contributed by atoms with Gasteiger partial charge in [0.25, 0.3) is 0 Å². The molecule has 0 aromatic rings. The normalized spacial score (nSPS) is 21.6. The number of piperazine rings is 1. The number of azide groups is 1. The van der Waals surface area contributed by atoms with Crippen LogP contribution in [0.3, 0.4) is 0 Å².